The van der Waals surface area contributed by atoms with Gasteiger partial charge in [-0.2, -0.15) is 0 Å². The molecular formula is C17H19N3O2. The summed E-state index contributed by atoms with van der Waals surface area (Å²) in [6, 6.07) is 9.53. The van der Waals surface area contributed by atoms with E-state index < -0.39 is 0 Å². The second kappa shape index (κ2) is 6.56. The molecule has 1 N–H and O–H groups in total. The number of ether oxygens (including phenoxy) is 1. The third kappa shape index (κ3) is 3.61. The lowest BCUT2D eigenvalue weighted by atomic mass is 10.1. The van der Waals surface area contributed by atoms with Crippen LogP contribution in [0.25, 0.3) is 0 Å². The molecule has 0 aliphatic heterocycles. The average Bonchev–Trinajstić information content (AvgIpc) is 3.39. The molecule has 2 aromatic rings. The van der Waals surface area contributed by atoms with Gasteiger partial charge in [0.25, 0.3) is 0 Å². The van der Waals surface area contributed by atoms with Crippen molar-refractivity contribution in [3.8, 4) is 5.75 Å². The maximum Gasteiger partial charge on any atom is 0.224 e. The number of rotatable bonds is 6. The molecule has 1 heterocycles. The van der Waals surface area contributed by atoms with Gasteiger partial charge in [0.2, 0.25) is 5.91 Å². The molecule has 22 heavy (non-hydrogen) atoms. The molecule has 1 saturated carbocycles. The van der Waals surface area contributed by atoms with Gasteiger partial charge in [-0.05, 0) is 25.0 Å². The topological polar surface area (TPSA) is 64.1 Å². The second-order valence-corrected chi connectivity index (χ2v) is 5.47. The lowest BCUT2D eigenvalue weighted by molar-refractivity contribution is -0.120. The molecule has 0 spiro atoms. The fourth-order valence-electron chi connectivity index (χ4n) is 2.39. The van der Waals surface area contributed by atoms with Gasteiger partial charge in [-0.25, -0.2) is 9.97 Å². The minimum atomic E-state index is -0.0453. The van der Waals surface area contributed by atoms with Crippen molar-refractivity contribution < 1.29 is 9.53 Å². The van der Waals surface area contributed by atoms with Crippen LogP contribution in [-0.4, -0.2) is 23.0 Å². The Kier molecular flexibility index (Phi) is 4.32. The van der Waals surface area contributed by atoms with Crippen molar-refractivity contribution in [2.24, 2.45) is 0 Å². The van der Waals surface area contributed by atoms with Crippen LogP contribution in [0.4, 0.5) is 0 Å². The van der Waals surface area contributed by atoms with Crippen LogP contribution < -0.4 is 10.1 Å². The molecule has 0 atom stereocenters. The van der Waals surface area contributed by atoms with Crippen LogP contribution in [0.1, 0.15) is 35.7 Å². The van der Waals surface area contributed by atoms with Crippen LogP contribution in [-0.2, 0) is 17.8 Å². The standard InChI is InChI=1S/C17H19N3O2/c1-22-16-5-3-2-4-13(16)8-17(21)18-10-14-9-15(12-6-7-12)20-11-19-14/h2-5,9,11-12H,6-8,10H2,1H3,(H,18,21). The predicted octanol–water partition coefficient (Wildman–Crippen LogP) is 2.22. The maximum atomic E-state index is 12.1. The summed E-state index contributed by atoms with van der Waals surface area (Å²) in [5.41, 5.74) is 2.82. The van der Waals surface area contributed by atoms with Crippen molar-refractivity contribution in [1.82, 2.24) is 15.3 Å². The largest absolute Gasteiger partial charge is 0.496 e. The average molecular weight is 297 g/mol. The molecule has 114 valence electrons. The van der Waals surface area contributed by atoms with E-state index in [9.17, 15) is 4.79 Å². The number of benzene rings is 1. The third-order valence-electron chi connectivity index (χ3n) is 3.75. The molecule has 1 aromatic heterocycles. The zero-order valence-corrected chi connectivity index (χ0v) is 12.6. The number of carbonyl (C=O) groups excluding carboxylic acids is 1. The van der Waals surface area contributed by atoms with Crippen molar-refractivity contribution in [3.63, 3.8) is 0 Å². The van der Waals surface area contributed by atoms with Crippen LogP contribution in [0.5, 0.6) is 5.75 Å². The smallest absolute Gasteiger partial charge is 0.224 e. The number of para-hydroxylation sites is 1. The highest BCUT2D eigenvalue weighted by Gasteiger charge is 2.25. The highest BCUT2D eigenvalue weighted by atomic mass is 16.5. The lowest BCUT2D eigenvalue weighted by Crippen LogP contribution is -2.25. The van der Waals surface area contributed by atoms with Gasteiger partial charge >= 0.3 is 0 Å². The lowest BCUT2D eigenvalue weighted by Gasteiger charge is -2.09. The van der Waals surface area contributed by atoms with Gasteiger partial charge in [0.15, 0.2) is 0 Å². The molecule has 1 aliphatic carbocycles. The summed E-state index contributed by atoms with van der Waals surface area (Å²) in [5.74, 6) is 1.28. The third-order valence-corrected chi connectivity index (χ3v) is 3.75. The van der Waals surface area contributed by atoms with E-state index in [4.69, 9.17) is 4.74 Å². The van der Waals surface area contributed by atoms with Gasteiger partial charge in [-0.3, -0.25) is 4.79 Å². The number of hydrogen-bond donors (Lipinski definition) is 1. The van der Waals surface area contributed by atoms with E-state index in [1.807, 2.05) is 30.3 Å². The zero-order valence-electron chi connectivity index (χ0n) is 12.6. The van der Waals surface area contributed by atoms with E-state index in [0.717, 1.165) is 22.7 Å². The summed E-state index contributed by atoms with van der Waals surface area (Å²) < 4.78 is 5.26. The number of nitrogens with zero attached hydrogens (tertiary/aromatic N) is 2. The SMILES string of the molecule is COc1ccccc1CC(=O)NCc1cc(C2CC2)ncn1. The minimum absolute atomic E-state index is 0.0453. The Morgan fingerprint density at radius 1 is 1.32 bits per heavy atom. The molecule has 1 amide bonds. The number of carbonyl (C=O) groups is 1. The summed E-state index contributed by atoms with van der Waals surface area (Å²) >= 11 is 0. The Labute approximate surface area is 129 Å². The van der Waals surface area contributed by atoms with Crippen molar-refractivity contribution in [3.05, 3.63) is 53.6 Å². The summed E-state index contributed by atoms with van der Waals surface area (Å²) in [7, 11) is 1.61. The molecular weight excluding hydrogens is 278 g/mol. The first-order chi connectivity index (χ1) is 10.8. The molecule has 1 fully saturated rings. The van der Waals surface area contributed by atoms with Crippen LogP contribution >= 0.6 is 0 Å². The minimum Gasteiger partial charge on any atom is -0.496 e. The highest BCUT2D eigenvalue weighted by Crippen LogP contribution is 2.38. The number of amides is 1. The second-order valence-electron chi connectivity index (χ2n) is 5.47. The summed E-state index contributed by atoms with van der Waals surface area (Å²) in [6.45, 7) is 0.427. The highest BCUT2D eigenvalue weighted by molar-refractivity contribution is 5.79. The first-order valence-corrected chi connectivity index (χ1v) is 7.45. The molecule has 3 rings (SSSR count). The predicted molar refractivity (Wildman–Crippen MR) is 82.6 cm³/mol. The number of methoxy groups -OCH3 is 1. The van der Waals surface area contributed by atoms with Crippen LogP contribution in [0.2, 0.25) is 0 Å². The molecule has 5 heteroatoms. The number of hydrogen-bond acceptors (Lipinski definition) is 4. The summed E-state index contributed by atoms with van der Waals surface area (Å²) in [5, 5.41) is 2.90. The van der Waals surface area contributed by atoms with Gasteiger partial charge in [-0.15, -0.1) is 0 Å². The fourth-order valence-corrected chi connectivity index (χ4v) is 2.39. The molecule has 0 radical (unpaired) electrons. The van der Waals surface area contributed by atoms with Gasteiger partial charge in [0, 0.05) is 17.2 Å². The molecule has 1 aromatic carbocycles. The molecule has 0 saturated heterocycles. The van der Waals surface area contributed by atoms with E-state index >= 15 is 0 Å². The first kappa shape index (κ1) is 14.5. The van der Waals surface area contributed by atoms with Gasteiger partial charge in [0.05, 0.1) is 25.8 Å². The molecule has 1 aliphatic rings. The van der Waals surface area contributed by atoms with Gasteiger partial charge < -0.3 is 10.1 Å². The van der Waals surface area contributed by atoms with Crippen molar-refractivity contribution >= 4 is 5.91 Å². The fraction of sp³-hybridized carbons (Fsp3) is 0.353. The molecule has 0 unspecified atom stereocenters. The number of aromatic nitrogens is 2. The van der Waals surface area contributed by atoms with E-state index in [1.54, 1.807) is 13.4 Å². The van der Waals surface area contributed by atoms with Crippen molar-refractivity contribution in [2.75, 3.05) is 7.11 Å². The van der Waals surface area contributed by atoms with Crippen molar-refractivity contribution in [1.29, 1.82) is 0 Å². The Morgan fingerprint density at radius 3 is 2.91 bits per heavy atom. The van der Waals surface area contributed by atoms with Crippen LogP contribution in [0, 0.1) is 0 Å². The monoisotopic (exact) mass is 297 g/mol. The van der Waals surface area contributed by atoms with E-state index in [1.165, 1.54) is 12.8 Å². The zero-order chi connectivity index (χ0) is 15.4. The molecule has 5 nitrogen and oxygen atoms in total. The Morgan fingerprint density at radius 2 is 2.14 bits per heavy atom. The Hall–Kier alpha value is -2.43. The van der Waals surface area contributed by atoms with Gasteiger partial charge in [-0.1, -0.05) is 18.2 Å². The van der Waals surface area contributed by atoms with Crippen molar-refractivity contribution in [2.45, 2.75) is 31.7 Å². The van der Waals surface area contributed by atoms with E-state index in [-0.39, 0.29) is 5.91 Å². The normalized spacial score (nSPS) is 13.7. The summed E-state index contributed by atoms with van der Waals surface area (Å²) in [6.07, 6.45) is 4.28. The van der Waals surface area contributed by atoms with E-state index in [0.29, 0.717) is 18.9 Å². The summed E-state index contributed by atoms with van der Waals surface area (Å²) in [4.78, 5) is 20.6. The van der Waals surface area contributed by atoms with E-state index in [2.05, 4.69) is 15.3 Å². The maximum absolute atomic E-state index is 12.1. The van der Waals surface area contributed by atoms with Crippen LogP contribution in [0.15, 0.2) is 36.7 Å². The Bertz CT molecular complexity index is 668. The molecule has 0 bridgehead atoms. The van der Waals surface area contributed by atoms with Crippen LogP contribution in [0.3, 0.4) is 0 Å². The number of nitrogens with one attached hydrogen (secondary N) is 1. The quantitative estimate of drug-likeness (QED) is 0.888. The first-order valence-electron chi connectivity index (χ1n) is 7.45. The van der Waals surface area contributed by atoms with Gasteiger partial charge in [0.1, 0.15) is 12.1 Å². The Balaban J connectivity index is 1.57.